The van der Waals surface area contributed by atoms with Crippen LogP contribution >= 0.6 is 0 Å². The van der Waals surface area contributed by atoms with Crippen molar-refractivity contribution in [1.82, 2.24) is 35.5 Å². The van der Waals surface area contributed by atoms with Gasteiger partial charge in [-0.1, -0.05) is 6.07 Å². The Labute approximate surface area is 216 Å². The number of rotatable bonds is 8. The van der Waals surface area contributed by atoms with Crippen molar-refractivity contribution in [2.24, 2.45) is 5.73 Å². The first kappa shape index (κ1) is 21.5. The van der Waals surface area contributed by atoms with E-state index >= 15 is 0 Å². The van der Waals surface area contributed by atoms with Gasteiger partial charge < -0.3 is 26.4 Å². The highest BCUT2D eigenvalue weighted by Crippen LogP contribution is 2.35. The molecule has 4 aromatic heterocycles. The molecule has 0 spiro atoms. The number of nitrogens with one attached hydrogen (secondary N) is 3. The summed E-state index contributed by atoms with van der Waals surface area (Å²) >= 11 is 0. The van der Waals surface area contributed by atoms with Crippen LogP contribution < -0.4 is 26.4 Å². The van der Waals surface area contributed by atoms with Gasteiger partial charge in [0.1, 0.15) is 5.82 Å². The summed E-state index contributed by atoms with van der Waals surface area (Å²) in [5, 5.41) is 15.7. The highest BCUT2D eigenvalue weighted by Gasteiger charge is 2.20. The molecule has 12 nitrogen and oxygen atoms in total. The first-order valence-electron chi connectivity index (χ1n) is 12.3. The number of carbonyl (C=O) groups excluding carboxylic acids is 1. The Morgan fingerprint density at radius 1 is 1.05 bits per heavy atom. The van der Waals surface area contributed by atoms with Crippen LogP contribution in [0, 0.1) is 5.82 Å². The zero-order valence-corrected chi connectivity index (χ0v) is 20.1. The van der Waals surface area contributed by atoms with Crippen molar-refractivity contribution < 1.29 is 18.0 Å². The van der Waals surface area contributed by atoms with Crippen LogP contribution in [0.4, 0.5) is 27.5 Å². The zero-order chi connectivity index (χ0) is 29.1. The van der Waals surface area contributed by atoms with E-state index in [1.165, 1.54) is 19.4 Å². The first-order chi connectivity index (χ1) is 18.8. The third-order valence-corrected chi connectivity index (χ3v) is 5.11. The van der Waals surface area contributed by atoms with Gasteiger partial charge in [0, 0.05) is 35.1 Å². The van der Waals surface area contributed by atoms with Crippen molar-refractivity contribution in [1.29, 1.82) is 0 Å². The number of ether oxygens (including phenoxy) is 1. The van der Waals surface area contributed by atoms with E-state index in [9.17, 15) is 9.18 Å². The number of hydrogen-bond donors (Lipinski definition) is 4. The van der Waals surface area contributed by atoms with E-state index in [-0.39, 0.29) is 34.6 Å². The van der Waals surface area contributed by atoms with E-state index in [2.05, 4.69) is 40.8 Å². The van der Waals surface area contributed by atoms with Gasteiger partial charge in [0.15, 0.2) is 34.7 Å². The molecule has 0 bridgehead atoms. The molecule has 0 saturated heterocycles. The van der Waals surface area contributed by atoms with Crippen molar-refractivity contribution in [3.8, 4) is 17.1 Å². The number of hydrogen-bond acceptors (Lipinski definition) is 11. The Morgan fingerprint density at radius 2 is 1.84 bits per heavy atom. The molecule has 0 fully saturated rings. The van der Waals surface area contributed by atoms with E-state index in [4.69, 9.17) is 14.6 Å². The third-order valence-electron chi connectivity index (χ3n) is 5.11. The second-order valence-electron chi connectivity index (χ2n) is 8.32. The molecule has 0 aromatic carbocycles. The van der Waals surface area contributed by atoms with E-state index < -0.39 is 24.2 Å². The summed E-state index contributed by atoms with van der Waals surface area (Å²) in [7, 11) is 1.38. The van der Waals surface area contributed by atoms with Gasteiger partial charge in [-0.25, -0.2) is 24.3 Å². The smallest absolute Gasteiger partial charge is 0.273 e. The summed E-state index contributed by atoms with van der Waals surface area (Å²) in [6, 6.07) is 6.49. The van der Waals surface area contributed by atoms with E-state index in [1.807, 2.05) is 19.2 Å². The summed E-state index contributed by atoms with van der Waals surface area (Å²) in [6.45, 7) is 0.928. The standard InChI is InChI=1S/C24H25FN10O2/c1-24(2,26)13-5-6-17(29-10-13)33-18-9-16(19(35-34-18)23(36)27-3)32-22-20(37-4)15(7-8-28-22)21-30-11-14(25)12-31-21/h5-12H,26H2,1-4H3,(H,27,36)(H2,28,29,32,33,34)/i3D3. The summed E-state index contributed by atoms with van der Waals surface area (Å²) in [5.41, 5.74) is 6.43. The first-order valence-corrected chi connectivity index (χ1v) is 10.8. The van der Waals surface area contributed by atoms with Gasteiger partial charge in [0.05, 0.1) is 30.8 Å². The van der Waals surface area contributed by atoms with Gasteiger partial charge in [0.2, 0.25) is 0 Å². The summed E-state index contributed by atoms with van der Waals surface area (Å²) < 4.78 is 41.0. The number of anilines is 4. The van der Waals surface area contributed by atoms with Gasteiger partial charge in [-0.05, 0) is 31.5 Å². The Kier molecular flexibility index (Phi) is 6.08. The normalized spacial score (nSPS) is 12.6. The second-order valence-corrected chi connectivity index (χ2v) is 8.32. The molecule has 190 valence electrons. The average molecular weight is 508 g/mol. The molecule has 13 heteroatoms. The van der Waals surface area contributed by atoms with Crippen molar-refractivity contribution in [3.05, 3.63) is 66.1 Å². The lowest BCUT2D eigenvalue weighted by molar-refractivity contribution is 0.0958. The van der Waals surface area contributed by atoms with Crippen LogP contribution in [0.25, 0.3) is 11.4 Å². The Balaban J connectivity index is 1.72. The highest BCUT2D eigenvalue weighted by molar-refractivity contribution is 5.98. The molecule has 0 unspecified atom stereocenters. The van der Waals surface area contributed by atoms with Gasteiger partial charge in [-0.15, -0.1) is 10.2 Å². The number of aromatic nitrogens is 6. The fourth-order valence-electron chi connectivity index (χ4n) is 3.25. The van der Waals surface area contributed by atoms with Crippen LogP contribution in [0.5, 0.6) is 5.75 Å². The van der Waals surface area contributed by atoms with Crippen LogP contribution in [-0.4, -0.2) is 50.1 Å². The van der Waals surface area contributed by atoms with Crippen molar-refractivity contribution in [3.63, 3.8) is 0 Å². The molecular weight excluding hydrogens is 479 g/mol. The number of carbonyl (C=O) groups is 1. The summed E-state index contributed by atoms with van der Waals surface area (Å²) in [4.78, 5) is 29.3. The molecule has 0 aliphatic carbocycles. The number of pyridine rings is 2. The topological polar surface area (TPSA) is 166 Å². The molecule has 4 heterocycles. The maximum atomic E-state index is 13.4. The van der Waals surface area contributed by atoms with Crippen molar-refractivity contribution in [2.45, 2.75) is 19.4 Å². The van der Waals surface area contributed by atoms with Crippen molar-refractivity contribution >= 4 is 29.0 Å². The van der Waals surface area contributed by atoms with Gasteiger partial charge in [-0.2, -0.15) is 0 Å². The summed E-state index contributed by atoms with van der Waals surface area (Å²) in [5.74, 6) is -0.581. The minimum atomic E-state index is -2.77. The fourth-order valence-corrected chi connectivity index (χ4v) is 3.25. The molecule has 37 heavy (non-hydrogen) atoms. The summed E-state index contributed by atoms with van der Waals surface area (Å²) in [6.07, 6.45) is 5.05. The zero-order valence-electron chi connectivity index (χ0n) is 23.1. The number of halogens is 1. The lowest BCUT2D eigenvalue weighted by atomic mass is 9.98. The Bertz CT molecular complexity index is 1510. The largest absolute Gasteiger partial charge is 0.492 e. The Hall–Kier alpha value is -4.78. The molecule has 4 rings (SSSR count). The molecule has 0 radical (unpaired) electrons. The predicted molar refractivity (Wildman–Crippen MR) is 135 cm³/mol. The molecule has 4 aromatic rings. The molecule has 0 saturated carbocycles. The van der Waals surface area contributed by atoms with Crippen LogP contribution in [0.2, 0.25) is 0 Å². The highest BCUT2D eigenvalue weighted by atomic mass is 19.1. The average Bonchev–Trinajstić information content (AvgIpc) is 2.88. The van der Waals surface area contributed by atoms with Crippen LogP contribution in [0.15, 0.2) is 49.1 Å². The Morgan fingerprint density at radius 3 is 2.49 bits per heavy atom. The van der Waals surface area contributed by atoms with Crippen LogP contribution in [0.3, 0.4) is 0 Å². The minimum absolute atomic E-state index is 0.0435. The number of nitrogens with zero attached hydrogens (tertiary/aromatic N) is 6. The number of amides is 1. The molecule has 0 aliphatic heterocycles. The van der Waals surface area contributed by atoms with Crippen LogP contribution in [-0.2, 0) is 5.54 Å². The van der Waals surface area contributed by atoms with Gasteiger partial charge in [0.25, 0.3) is 5.91 Å². The molecule has 5 N–H and O–H groups in total. The lowest BCUT2D eigenvalue weighted by Gasteiger charge is -2.18. The second kappa shape index (κ2) is 10.5. The maximum Gasteiger partial charge on any atom is 0.273 e. The maximum absolute atomic E-state index is 13.4. The number of nitrogens with two attached hydrogens (primary N) is 1. The van der Waals surface area contributed by atoms with E-state index in [0.717, 1.165) is 18.0 Å². The van der Waals surface area contributed by atoms with Crippen LogP contribution in [0.1, 0.15) is 34.0 Å². The molecule has 0 atom stereocenters. The third kappa shape index (κ3) is 5.73. The number of methoxy groups -OCH3 is 1. The molecule has 0 aliphatic rings. The lowest BCUT2D eigenvalue weighted by Crippen LogP contribution is -2.28. The molecular formula is C24H25FN10O2. The fraction of sp³-hybridized carbons (Fsp3) is 0.208. The van der Waals surface area contributed by atoms with E-state index in [1.54, 1.807) is 24.4 Å². The van der Waals surface area contributed by atoms with Gasteiger partial charge in [-0.3, -0.25) is 4.79 Å². The van der Waals surface area contributed by atoms with Crippen molar-refractivity contribution in [2.75, 3.05) is 24.7 Å². The monoisotopic (exact) mass is 507 g/mol. The van der Waals surface area contributed by atoms with E-state index in [0.29, 0.717) is 11.4 Å². The minimum Gasteiger partial charge on any atom is -0.492 e. The molecule has 1 amide bonds. The predicted octanol–water partition coefficient (Wildman–Crippen LogP) is 2.91. The quantitative estimate of drug-likeness (QED) is 0.277. The SMILES string of the molecule is [2H]C([2H])([2H])NC(=O)c1nnc(Nc2ccc(C(C)(C)N)cn2)cc1Nc1nccc(-c2ncc(F)cn2)c1OC. The van der Waals surface area contributed by atoms with Gasteiger partial charge >= 0.3 is 0 Å².